The molecule has 1 unspecified atom stereocenters. The molecule has 3 rings (SSSR count). The van der Waals surface area contributed by atoms with Crippen LogP contribution in [0.3, 0.4) is 0 Å². The zero-order chi connectivity index (χ0) is 16.5. The molecule has 1 aromatic heterocycles. The van der Waals surface area contributed by atoms with Crippen LogP contribution in [0.4, 0.5) is 0 Å². The molecule has 0 bridgehead atoms. The van der Waals surface area contributed by atoms with E-state index in [1.165, 1.54) is 11.1 Å². The Morgan fingerprint density at radius 2 is 1.48 bits per heavy atom. The number of hydrogen-bond acceptors (Lipinski definition) is 1. The van der Waals surface area contributed by atoms with Gasteiger partial charge < -0.3 is 4.57 Å². The van der Waals surface area contributed by atoms with Crippen LogP contribution in [-0.2, 0) is 0 Å². The van der Waals surface area contributed by atoms with E-state index in [9.17, 15) is 0 Å². The first-order chi connectivity index (χ1) is 11.2. The van der Waals surface area contributed by atoms with Crippen molar-refractivity contribution in [3.63, 3.8) is 0 Å². The van der Waals surface area contributed by atoms with Crippen molar-refractivity contribution in [3.8, 4) is 0 Å². The monoisotopic (exact) mass is 304 g/mol. The number of nitrogens with zero attached hydrogens (tertiary/aromatic N) is 2. The summed E-state index contributed by atoms with van der Waals surface area (Å²) in [5.41, 5.74) is 2.75. The van der Waals surface area contributed by atoms with Crippen LogP contribution in [0.1, 0.15) is 43.3 Å². The molecule has 0 spiro atoms. The third-order valence-corrected chi connectivity index (χ3v) is 4.22. The van der Waals surface area contributed by atoms with E-state index < -0.39 is 0 Å². The molecule has 0 fully saturated rings. The highest BCUT2D eigenvalue weighted by Crippen LogP contribution is 2.20. The summed E-state index contributed by atoms with van der Waals surface area (Å²) in [5, 5.41) is 0. The maximum Gasteiger partial charge on any atom is 0.116 e. The van der Waals surface area contributed by atoms with Crippen molar-refractivity contribution >= 4 is 7.85 Å². The fourth-order valence-electron chi connectivity index (χ4n) is 2.42. The number of aromatic nitrogens is 2. The summed E-state index contributed by atoms with van der Waals surface area (Å²) in [5.74, 6) is 0.484. The van der Waals surface area contributed by atoms with Crippen molar-refractivity contribution in [3.05, 3.63) is 90.5 Å². The van der Waals surface area contributed by atoms with Crippen LogP contribution < -0.4 is 0 Å². The number of hydrogen-bond donors (Lipinski definition) is 0. The fraction of sp³-hybridized carbons (Fsp3) is 0.250. The molecule has 0 amide bonds. The predicted octanol–water partition coefficient (Wildman–Crippen LogP) is 4.26. The van der Waals surface area contributed by atoms with Gasteiger partial charge in [0.05, 0.1) is 6.33 Å². The molecule has 0 saturated carbocycles. The average molecular weight is 304 g/mol. The average Bonchev–Trinajstić information content (AvgIpc) is 3.17. The first kappa shape index (κ1) is 17.1. The van der Waals surface area contributed by atoms with Gasteiger partial charge in [0.15, 0.2) is 0 Å². The Morgan fingerprint density at radius 3 is 1.87 bits per heavy atom. The molecule has 23 heavy (non-hydrogen) atoms. The predicted molar refractivity (Wildman–Crippen MR) is 101 cm³/mol. The SMILES string of the molecule is BC(c1ccccc1)c1ccccc1.CCC(C)n1ccnc1. The molecule has 3 aromatic rings. The van der Waals surface area contributed by atoms with Crippen molar-refractivity contribution in [1.29, 1.82) is 0 Å². The van der Waals surface area contributed by atoms with Crippen LogP contribution >= 0.6 is 0 Å². The topological polar surface area (TPSA) is 17.8 Å². The van der Waals surface area contributed by atoms with Gasteiger partial charge in [-0.15, -0.1) is 0 Å². The quantitative estimate of drug-likeness (QED) is 0.658. The number of imidazole rings is 1. The van der Waals surface area contributed by atoms with Gasteiger partial charge in [0.2, 0.25) is 0 Å². The maximum atomic E-state index is 3.95. The van der Waals surface area contributed by atoms with E-state index in [2.05, 4.69) is 91.9 Å². The van der Waals surface area contributed by atoms with E-state index in [-0.39, 0.29) is 0 Å². The van der Waals surface area contributed by atoms with Gasteiger partial charge in [-0.3, -0.25) is 0 Å². The summed E-state index contributed by atoms with van der Waals surface area (Å²) in [6.07, 6.45) is 6.82. The van der Waals surface area contributed by atoms with Gasteiger partial charge in [0, 0.05) is 18.4 Å². The van der Waals surface area contributed by atoms with Gasteiger partial charge in [0.1, 0.15) is 7.85 Å². The van der Waals surface area contributed by atoms with Crippen molar-refractivity contribution in [2.75, 3.05) is 0 Å². The first-order valence-corrected chi connectivity index (χ1v) is 8.29. The summed E-state index contributed by atoms with van der Waals surface area (Å²) in [7, 11) is 2.24. The van der Waals surface area contributed by atoms with Crippen LogP contribution in [0, 0.1) is 0 Å². The first-order valence-electron chi connectivity index (χ1n) is 8.29. The molecular weight excluding hydrogens is 279 g/mol. The molecule has 2 aromatic carbocycles. The minimum Gasteiger partial charge on any atom is -0.335 e. The minimum absolute atomic E-state index is 0.484. The third kappa shape index (κ3) is 5.13. The van der Waals surface area contributed by atoms with Gasteiger partial charge >= 0.3 is 0 Å². The molecule has 2 nitrogen and oxygen atoms in total. The Hall–Kier alpha value is -2.29. The van der Waals surface area contributed by atoms with Crippen molar-refractivity contribution < 1.29 is 0 Å². The zero-order valence-electron chi connectivity index (χ0n) is 14.3. The second-order valence-electron chi connectivity index (χ2n) is 5.81. The molecule has 0 saturated heterocycles. The van der Waals surface area contributed by atoms with E-state index in [1.54, 1.807) is 0 Å². The number of rotatable bonds is 4. The molecule has 1 atom stereocenters. The lowest BCUT2D eigenvalue weighted by Crippen LogP contribution is -1.99. The second-order valence-corrected chi connectivity index (χ2v) is 5.81. The zero-order valence-corrected chi connectivity index (χ0v) is 14.3. The molecule has 3 heteroatoms. The van der Waals surface area contributed by atoms with E-state index in [0.29, 0.717) is 11.9 Å². The molecule has 0 radical (unpaired) electrons. The highest BCUT2D eigenvalue weighted by molar-refractivity contribution is 6.14. The second kappa shape index (κ2) is 8.99. The van der Waals surface area contributed by atoms with E-state index >= 15 is 0 Å². The van der Waals surface area contributed by atoms with Crippen LogP contribution in [-0.4, -0.2) is 17.4 Å². The van der Waals surface area contributed by atoms with Gasteiger partial charge in [0.25, 0.3) is 0 Å². The summed E-state index contributed by atoms with van der Waals surface area (Å²) in [6, 6.07) is 21.8. The smallest absolute Gasteiger partial charge is 0.116 e. The van der Waals surface area contributed by atoms with Gasteiger partial charge in [-0.1, -0.05) is 67.6 Å². The summed E-state index contributed by atoms with van der Waals surface area (Å²) in [4.78, 5) is 3.95. The van der Waals surface area contributed by atoms with E-state index in [4.69, 9.17) is 0 Å². The lowest BCUT2D eigenvalue weighted by Gasteiger charge is -2.11. The molecule has 0 aliphatic heterocycles. The standard InChI is InChI=1S/C13H13B.C7H12N2/c14-13(11-7-3-1-4-8-11)12-9-5-2-6-10-12;1-3-7(2)9-5-4-8-6-9/h1-10,13H,14H2;4-7H,3H2,1-2H3. The largest absolute Gasteiger partial charge is 0.335 e. The Balaban J connectivity index is 0.000000185. The van der Waals surface area contributed by atoms with Crippen molar-refractivity contribution in [2.24, 2.45) is 0 Å². The van der Waals surface area contributed by atoms with E-state index in [0.717, 1.165) is 6.42 Å². The maximum absolute atomic E-state index is 3.95. The normalized spacial score (nSPS) is 11.6. The van der Waals surface area contributed by atoms with Crippen LogP contribution in [0.25, 0.3) is 0 Å². The van der Waals surface area contributed by atoms with Gasteiger partial charge in [-0.05, 0) is 30.3 Å². The highest BCUT2D eigenvalue weighted by atomic mass is 15.0. The van der Waals surface area contributed by atoms with Crippen molar-refractivity contribution in [2.45, 2.75) is 32.1 Å². The number of benzene rings is 2. The Morgan fingerprint density at radius 1 is 0.957 bits per heavy atom. The summed E-state index contributed by atoms with van der Waals surface area (Å²) < 4.78 is 2.11. The summed E-state index contributed by atoms with van der Waals surface area (Å²) in [6.45, 7) is 4.35. The third-order valence-electron chi connectivity index (χ3n) is 4.22. The molecule has 1 heterocycles. The highest BCUT2D eigenvalue weighted by Gasteiger charge is 2.05. The van der Waals surface area contributed by atoms with Gasteiger partial charge in [-0.2, -0.15) is 0 Å². The van der Waals surface area contributed by atoms with Gasteiger partial charge in [-0.25, -0.2) is 4.98 Å². The Bertz CT molecular complexity index is 611. The Kier molecular flexibility index (Phi) is 6.67. The molecule has 0 aliphatic carbocycles. The molecule has 0 N–H and O–H groups in total. The van der Waals surface area contributed by atoms with Crippen molar-refractivity contribution in [1.82, 2.24) is 9.55 Å². The van der Waals surface area contributed by atoms with Crippen LogP contribution in [0.2, 0.25) is 0 Å². The molecular formula is C20H25BN2. The lowest BCUT2D eigenvalue weighted by molar-refractivity contribution is 0.530. The Labute approximate surface area is 140 Å². The van der Waals surface area contributed by atoms with E-state index in [1.807, 2.05) is 18.7 Å². The lowest BCUT2D eigenvalue weighted by atomic mass is 9.76. The minimum atomic E-state index is 0.484. The molecule has 118 valence electrons. The molecule has 0 aliphatic rings. The van der Waals surface area contributed by atoms with Crippen LogP contribution in [0.15, 0.2) is 79.4 Å². The van der Waals surface area contributed by atoms with Crippen LogP contribution in [0.5, 0.6) is 0 Å². The fourth-order valence-corrected chi connectivity index (χ4v) is 2.42. The summed E-state index contributed by atoms with van der Waals surface area (Å²) >= 11 is 0.